The van der Waals surface area contributed by atoms with Crippen LogP contribution in [0.3, 0.4) is 0 Å². The smallest absolute Gasteiger partial charge is 0.317 e. The lowest BCUT2D eigenvalue weighted by Crippen LogP contribution is -2.67. The Labute approximate surface area is 312 Å². The van der Waals surface area contributed by atoms with Gasteiger partial charge in [0.15, 0.2) is 0 Å². The Bertz CT molecular complexity index is 1290. The van der Waals surface area contributed by atoms with Crippen LogP contribution in [0.1, 0.15) is 196 Å². The molecule has 0 amide bonds. The topological polar surface area (TPSA) is 72.8 Å². The van der Waals surface area contributed by atoms with E-state index in [1.165, 1.54) is 77.0 Å². The van der Waals surface area contributed by atoms with E-state index in [9.17, 15) is 14.7 Å². The number of aliphatic hydroxyl groups excluding tert-OH is 1. The molecule has 11 atom stereocenters. The number of hydrogen-bond donors (Lipinski definition) is 1. The van der Waals surface area contributed by atoms with Crippen LogP contribution < -0.4 is 0 Å². The molecule has 6 fully saturated rings. The summed E-state index contributed by atoms with van der Waals surface area (Å²) in [6.45, 7) is 21.1. The summed E-state index contributed by atoms with van der Waals surface area (Å²) in [7, 11) is 0. The zero-order valence-electron chi connectivity index (χ0n) is 34.0. The summed E-state index contributed by atoms with van der Waals surface area (Å²) < 4.78 is 12.9. The maximum Gasteiger partial charge on any atom is 0.317 e. The molecule has 5 heteroatoms. The first-order valence-corrected chi connectivity index (χ1v) is 21.9. The largest absolute Gasteiger partial charge is 0.461 e. The summed E-state index contributed by atoms with van der Waals surface area (Å²) in [5, 5.41) is 11.1. The minimum absolute atomic E-state index is 0.0100. The van der Waals surface area contributed by atoms with Crippen LogP contribution in [0.2, 0.25) is 0 Å². The van der Waals surface area contributed by atoms with Crippen molar-refractivity contribution in [1.29, 1.82) is 0 Å². The molecular weight excluding hydrogens is 633 g/mol. The normalized spacial score (nSPS) is 43.4. The zero-order chi connectivity index (χ0) is 36.9. The van der Waals surface area contributed by atoms with Gasteiger partial charge in [-0.05, 0) is 110 Å². The first-order chi connectivity index (χ1) is 24.1. The molecule has 11 unspecified atom stereocenters. The number of carbonyl (C=O) groups is 2. The van der Waals surface area contributed by atoms with E-state index in [-0.39, 0.29) is 45.6 Å². The number of ether oxygens (including phenoxy) is 2. The molecule has 0 aromatic rings. The molecule has 0 aromatic carbocycles. The van der Waals surface area contributed by atoms with E-state index in [2.05, 4.69) is 48.1 Å². The lowest BCUT2D eigenvalue weighted by atomic mass is 9.32. The fourth-order valence-electron chi connectivity index (χ4n) is 14.5. The summed E-state index contributed by atoms with van der Waals surface area (Å²) in [5.74, 6) is 1.18. The van der Waals surface area contributed by atoms with Gasteiger partial charge in [0.2, 0.25) is 0 Å². The van der Waals surface area contributed by atoms with E-state index in [0.29, 0.717) is 30.6 Å². The molecule has 0 radical (unpaired) electrons. The number of fused-ring (bicyclic) bond motifs is 5. The average molecular weight is 709 g/mol. The van der Waals surface area contributed by atoms with Crippen LogP contribution in [-0.2, 0) is 19.1 Å². The predicted octanol–water partition coefficient (Wildman–Crippen LogP) is 11.7. The molecule has 6 aliphatic rings. The summed E-state index contributed by atoms with van der Waals surface area (Å²) in [6.07, 6.45) is 25.3. The van der Waals surface area contributed by atoms with Gasteiger partial charge in [0.1, 0.15) is 17.1 Å². The fraction of sp³-hybridized carbons (Fsp3) is 0.913. The van der Waals surface area contributed by atoms with Crippen molar-refractivity contribution in [1.82, 2.24) is 0 Å². The van der Waals surface area contributed by atoms with E-state index in [0.717, 1.165) is 63.4 Å². The minimum Gasteiger partial charge on any atom is -0.461 e. The molecule has 1 aliphatic heterocycles. The molecule has 6 rings (SSSR count). The van der Waals surface area contributed by atoms with Crippen molar-refractivity contribution < 1.29 is 24.2 Å². The lowest BCUT2D eigenvalue weighted by Gasteiger charge is -2.72. The molecule has 5 saturated carbocycles. The Kier molecular flexibility index (Phi) is 11.3. The molecule has 51 heavy (non-hydrogen) atoms. The molecule has 5 aliphatic carbocycles. The van der Waals surface area contributed by atoms with Crippen molar-refractivity contribution in [2.24, 2.45) is 50.7 Å². The molecule has 1 saturated heterocycles. The van der Waals surface area contributed by atoms with Gasteiger partial charge in [-0.2, -0.15) is 0 Å². The fourth-order valence-corrected chi connectivity index (χ4v) is 14.5. The SMILES string of the molecule is C=C(C)C12CC(OC(=O)CCCCCCCCCCCCCCC)C3(CCC4(C)C(CCC5C6(C)CCC(O)C(C)(C)C6CCC54C)C13)C(=O)O2. The average Bonchev–Trinajstić information content (AvgIpc) is 3.50. The second-order valence-corrected chi connectivity index (χ2v) is 20.3. The number of unbranched alkanes of at least 4 members (excludes halogenated alkanes) is 12. The molecule has 290 valence electrons. The van der Waals surface area contributed by atoms with Gasteiger partial charge in [0.05, 0.1) is 6.10 Å². The Hall–Kier alpha value is -1.36. The van der Waals surface area contributed by atoms with Crippen LogP contribution in [0, 0.1) is 50.7 Å². The Balaban J connectivity index is 1.08. The highest BCUT2D eigenvalue weighted by Crippen LogP contribution is 2.80. The predicted molar refractivity (Wildman–Crippen MR) is 206 cm³/mol. The molecule has 2 bridgehead atoms. The van der Waals surface area contributed by atoms with Crippen molar-refractivity contribution >= 4 is 11.9 Å². The van der Waals surface area contributed by atoms with Crippen LogP contribution in [0.25, 0.3) is 0 Å². The number of esters is 2. The Morgan fingerprint density at radius 2 is 1.39 bits per heavy atom. The number of carbonyl (C=O) groups excluding carboxylic acids is 2. The van der Waals surface area contributed by atoms with Gasteiger partial charge in [-0.3, -0.25) is 9.59 Å². The Morgan fingerprint density at radius 1 is 0.784 bits per heavy atom. The lowest BCUT2D eigenvalue weighted by molar-refractivity contribution is -0.247. The monoisotopic (exact) mass is 709 g/mol. The summed E-state index contributed by atoms with van der Waals surface area (Å²) in [5.41, 5.74) is -0.239. The molecule has 0 aromatic heterocycles. The van der Waals surface area contributed by atoms with Crippen molar-refractivity contribution in [3.8, 4) is 0 Å². The van der Waals surface area contributed by atoms with E-state index in [4.69, 9.17) is 9.47 Å². The van der Waals surface area contributed by atoms with Crippen LogP contribution >= 0.6 is 0 Å². The third-order valence-electron chi connectivity index (χ3n) is 17.6. The first-order valence-electron chi connectivity index (χ1n) is 21.9. The van der Waals surface area contributed by atoms with Crippen molar-refractivity contribution in [3.63, 3.8) is 0 Å². The zero-order valence-corrected chi connectivity index (χ0v) is 34.0. The minimum atomic E-state index is -0.754. The molecule has 5 nitrogen and oxygen atoms in total. The van der Waals surface area contributed by atoms with Crippen molar-refractivity contribution in [2.45, 2.75) is 214 Å². The molecule has 0 spiro atoms. The van der Waals surface area contributed by atoms with Crippen LogP contribution in [0.4, 0.5) is 0 Å². The highest BCUT2D eigenvalue weighted by Gasteiger charge is 2.82. The number of hydrogen-bond acceptors (Lipinski definition) is 5. The Morgan fingerprint density at radius 3 is 2.00 bits per heavy atom. The maximum absolute atomic E-state index is 14.2. The van der Waals surface area contributed by atoms with Gasteiger partial charge in [0, 0.05) is 18.8 Å². The number of rotatable bonds is 16. The molecule has 1 heterocycles. The van der Waals surface area contributed by atoms with Crippen molar-refractivity contribution in [3.05, 3.63) is 12.2 Å². The standard InChI is InChI=1S/C46H76O5/c1-9-10-11-12-13-14-15-16-17-18-19-20-21-22-38(48)50-37-31-46(32(2)3)39-33-23-24-35-42(6)27-26-36(47)41(4,5)34(42)25-28-44(35,8)43(33,7)29-30-45(37,39)40(49)51-46/h33-37,39,47H,2,9-31H2,1,3-8H3. The summed E-state index contributed by atoms with van der Waals surface area (Å²) in [6, 6.07) is 0. The van der Waals surface area contributed by atoms with Crippen LogP contribution in [0.15, 0.2) is 12.2 Å². The number of aliphatic hydroxyl groups is 1. The quantitative estimate of drug-likeness (QED) is 0.0981. The summed E-state index contributed by atoms with van der Waals surface area (Å²) >= 11 is 0. The van der Waals surface area contributed by atoms with Crippen LogP contribution in [-0.4, -0.2) is 34.9 Å². The van der Waals surface area contributed by atoms with E-state index in [1.807, 2.05) is 6.92 Å². The van der Waals surface area contributed by atoms with E-state index >= 15 is 0 Å². The highest BCUT2D eigenvalue weighted by atomic mass is 16.6. The van der Waals surface area contributed by atoms with Gasteiger partial charge in [0.25, 0.3) is 0 Å². The second kappa shape index (κ2) is 14.7. The van der Waals surface area contributed by atoms with Gasteiger partial charge in [-0.15, -0.1) is 0 Å². The third-order valence-corrected chi connectivity index (χ3v) is 17.6. The molecule has 1 N–H and O–H groups in total. The third kappa shape index (κ3) is 6.20. The van der Waals surface area contributed by atoms with Gasteiger partial charge < -0.3 is 14.6 Å². The van der Waals surface area contributed by atoms with Crippen LogP contribution in [0.5, 0.6) is 0 Å². The maximum atomic E-state index is 14.2. The second-order valence-electron chi connectivity index (χ2n) is 20.3. The molecular formula is C46H76O5. The van der Waals surface area contributed by atoms with Crippen molar-refractivity contribution in [2.75, 3.05) is 0 Å². The van der Waals surface area contributed by atoms with Gasteiger partial charge >= 0.3 is 11.9 Å². The van der Waals surface area contributed by atoms with Gasteiger partial charge in [-0.1, -0.05) is 125 Å². The van der Waals surface area contributed by atoms with Gasteiger partial charge in [-0.25, -0.2) is 0 Å². The van der Waals surface area contributed by atoms with E-state index in [1.54, 1.807) is 0 Å². The summed E-state index contributed by atoms with van der Waals surface area (Å²) in [4.78, 5) is 27.6. The first kappa shape index (κ1) is 39.3. The van der Waals surface area contributed by atoms with E-state index < -0.39 is 17.1 Å². The highest BCUT2D eigenvalue weighted by molar-refractivity contribution is 5.85.